The highest BCUT2D eigenvalue weighted by Crippen LogP contribution is 2.36. The zero-order valence-electron chi connectivity index (χ0n) is 28.6. The Morgan fingerprint density at radius 1 is 1.08 bits per heavy atom. The second-order valence-electron chi connectivity index (χ2n) is 14.1. The molecule has 2 amide bonds. The lowest BCUT2D eigenvalue weighted by molar-refractivity contribution is -0.130. The molecule has 2 bridgehead atoms. The minimum Gasteiger partial charge on any atom is -0.404 e. The summed E-state index contributed by atoms with van der Waals surface area (Å²) >= 11 is 0. The number of para-hydroxylation sites is 1. The lowest BCUT2D eigenvalue weighted by Gasteiger charge is -2.40. The summed E-state index contributed by atoms with van der Waals surface area (Å²) in [4.78, 5) is 45.0. The van der Waals surface area contributed by atoms with E-state index in [0.717, 1.165) is 62.5 Å². The Morgan fingerprint density at radius 2 is 1.75 bits per heavy atom. The number of aromatic nitrogens is 1. The average Bonchev–Trinajstić information content (AvgIpc) is 3.24. The Kier molecular flexibility index (Phi) is 11.8. The SMILES string of the molecule is CC(=O)N(CCN1CCC(CNS(C)(=O)=O)CC1)CC(O)CN1[C@@H]2CC[C@H]1C[C@H](NC(=O)Oc1cc3ccccc3n(C(C)C)c1=O)C2. The van der Waals surface area contributed by atoms with Crippen LogP contribution in [0.3, 0.4) is 0 Å². The van der Waals surface area contributed by atoms with Crippen LogP contribution in [0.25, 0.3) is 10.9 Å². The van der Waals surface area contributed by atoms with Crippen LogP contribution in [-0.4, -0.2) is 121 Å². The zero-order chi connectivity index (χ0) is 34.6. The zero-order valence-corrected chi connectivity index (χ0v) is 29.5. The number of hydrogen-bond donors (Lipinski definition) is 3. The molecule has 0 aliphatic carbocycles. The summed E-state index contributed by atoms with van der Waals surface area (Å²) in [6.45, 7) is 9.50. The number of sulfonamides is 1. The number of pyridine rings is 1. The molecule has 5 rings (SSSR count). The molecule has 0 spiro atoms. The third-order valence-corrected chi connectivity index (χ3v) is 10.9. The predicted octanol–water partition coefficient (Wildman–Crippen LogP) is 2.14. The van der Waals surface area contributed by atoms with Crippen molar-refractivity contribution in [1.82, 2.24) is 29.3 Å². The number of amides is 2. The number of carbonyl (C=O) groups is 2. The second-order valence-corrected chi connectivity index (χ2v) is 16.0. The standard InChI is InChI=1S/C34H52N6O7S/c1-23(2)40-31-8-6-5-7-26(31)17-32(33(40)43)47-34(44)36-27-18-28-9-10-29(19-27)39(28)22-30(42)21-38(24(3)41)16-15-37-13-11-25(12-14-37)20-35-48(4,45)46/h5-8,17,23,25,27-30,35,42H,9-16,18-22H2,1-4H3,(H,36,44)/t27-,28-,29+,30?. The summed E-state index contributed by atoms with van der Waals surface area (Å²) in [5.74, 6) is 0.247. The molecule has 3 aliphatic rings. The molecule has 1 unspecified atom stereocenters. The van der Waals surface area contributed by atoms with Crippen molar-refractivity contribution in [3.8, 4) is 5.75 Å². The van der Waals surface area contributed by atoms with Crippen molar-refractivity contribution < 1.29 is 27.9 Å². The van der Waals surface area contributed by atoms with Gasteiger partial charge in [0.15, 0.2) is 5.75 Å². The van der Waals surface area contributed by atoms with Crippen LogP contribution in [0.1, 0.15) is 65.3 Å². The van der Waals surface area contributed by atoms with Gasteiger partial charge in [-0.25, -0.2) is 17.9 Å². The number of nitrogens with zero attached hydrogens (tertiary/aromatic N) is 4. The molecule has 1 aromatic carbocycles. The molecule has 14 heteroatoms. The van der Waals surface area contributed by atoms with E-state index in [0.29, 0.717) is 32.1 Å². The number of nitrogens with one attached hydrogen (secondary N) is 2. The van der Waals surface area contributed by atoms with E-state index in [9.17, 15) is 27.9 Å². The van der Waals surface area contributed by atoms with Gasteiger partial charge in [-0.1, -0.05) is 18.2 Å². The van der Waals surface area contributed by atoms with E-state index in [1.807, 2.05) is 38.1 Å². The van der Waals surface area contributed by atoms with Gasteiger partial charge in [-0.2, -0.15) is 0 Å². The number of ether oxygens (including phenoxy) is 1. The van der Waals surface area contributed by atoms with Crippen molar-refractivity contribution in [3.05, 3.63) is 40.7 Å². The summed E-state index contributed by atoms with van der Waals surface area (Å²) in [6, 6.07) is 9.37. The third-order valence-electron chi connectivity index (χ3n) is 10.2. The summed E-state index contributed by atoms with van der Waals surface area (Å²) in [6.07, 6.45) is 5.03. The molecule has 3 fully saturated rings. The van der Waals surface area contributed by atoms with Gasteiger partial charge in [0, 0.05) is 69.2 Å². The van der Waals surface area contributed by atoms with Gasteiger partial charge < -0.3 is 29.5 Å². The fourth-order valence-electron chi connectivity index (χ4n) is 7.71. The first kappa shape index (κ1) is 36.2. The van der Waals surface area contributed by atoms with Crippen LogP contribution in [0.4, 0.5) is 4.79 Å². The molecule has 48 heavy (non-hydrogen) atoms. The molecule has 2 aromatic rings. The van der Waals surface area contributed by atoms with Crippen LogP contribution in [-0.2, 0) is 14.8 Å². The fourth-order valence-corrected chi connectivity index (χ4v) is 8.25. The van der Waals surface area contributed by atoms with E-state index in [1.165, 1.54) is 13.2 Å². The van der Waals surface area contributed by atoms with Crippen LogP contribution in [0.15, 0.2) is 35.1 Å². The molecule has 266 valence electrons. The van der Waals surface area contributed by atoms with Crippen LogP contribution >= 0.6 is 0 Å². The van der Waals surface area contributed by atoms with Crippen molar-refractivity contribution in [1.29, 1.82) is 0 Å². The lowest BCUT2D eigenvalue weighted by atomic mass is 9.97. The Hall–Kier alpha value is -3.04. The van der Waals surface area contributed by atoms with E-state index < -0.39 is 22.2 Å². The molecule has 0 radical (unpaired) electrons. The number of piperidine rings is 2. The molecule has 0 saturated carbocycles. The van der Waals surface area contributed by atoms with E-state index in [4.69, 9.17) is 4.74 Å². The third kappa shape index (κ3) is 9.35. The molecule has 13 nitrogen and oxygen atoms in total. The highest BCUT2D eigenvalue weighted by Gasteiger charge is 2.42. The van der Waals surface area contributed by atoms with Gasteiger partial charge in [0.2, 0.25) is 15.9 Å². The summed E-state index contributed by atoms with van der Waals surface area (Å²) in [5, 5.41) is 14.9. The van der Waals surface area contributed by atoms with Crippen LogP contribution in [0.5, 0.6) is 5.75 Å². The van der Waals surface area contributed by atoms with E-state index >= 15 is 0 Å². The van der Waals surface area contributed by atoms with Crippen molar-refractivity contribution >= 4 is 32.9 Å². The largest absolute Gasteiger partial charge is 0.413 e. The summed E-state index contributed by atoms with van der Waals surface area (Å²) < 4.78 is 32.6. The van der Waals surface area contributed by atoms with Gasteiger partial charge in [-0.3, -0.25) is 14.5 Å². The van der Waals surface area contributed by atoms with Crippen molar-refractivity contribution in [2.45, 2.75) is 89.6 Å². The monoisotopic (exact) mass is 688 g/mol. The predicted molar refractivity (Wildman–Crippen MR) is 185 cm³/mol. The van der Waals surface area contributed by atoms with Gasteiger partial charge in [0.05, 0.1) is 17.9 Å². The summed E-state index contributed by atoms with van der Waals surface area (Å²) in [7, 11) is -3.19. The van der Waals surface area contributed by atoms with Crippen molar-refractivity contribution in [2.24, 2.45) is 5.92 Å². The lowest BCUT2D eigenvalue weighted by Crippen LogP contribution is -2.54. The number of benzene rings is 1. The molecular weight excluding hydrogens is 636 g/mol. The van der Waals surface area contributed by atoms with Gasteiger partial charge >= 0.3 is 6.09 Å². The molecule has 3 aliphatic heterocycles. The Labute approximate surface area is 283 Å². The number of hydrogen-bond acceptors (Lipinski definition) is 9. The maximum Gasteiger partial charge on any atom is 0.413 e. The highest BCUT2D eigenvalue weighted by atomic mass is 32.2. The topological polar surface area (TPSA) is 154 Å². The quantitative estimate of drug-likeness (QED) is 0.287. The normalized spacial score (nSPS) is 23.0. The number of aliphatic hydroxyl groups is 1. The minimum atomic E-state index is -3.19. The van der Waals surface area contributed by atoms with Crippen molar-refractivity contribution in [2.75, 3.05) is 52.1 Å². The molecule has 3 N–H and O–H groups in total. The summed E-state index contributed by atoms with van der Waals surface area (Å²) in [5.41, 5.74) is 0.452. The first-order valence-electron chi connectivity index (χ1n) is 17.3. The van der Waals surface area contributed by atoms with Gasteiger partial charge in [-0.15, -0.1) is 0 Å². The van der Waals surface area contributed by atoms with E-state index in [2.05, 4.69) is 19.8 Å². The van der Waals surface area contributed by atoms with Gasteiger partial charge in [-0.05, 0) is 83.5 Å². The average molecular weight is 689 g/mol. The maximum absolute atomic E-state index is 13.2. The maximum atomic E-state index is 13.2. The molecular formula is C34H52N6O7S. The first-order chi connectivity index (χ1) is 22.8. The van der Waals surface area contributed by atoms with Crippen molar-refractivity contribution in [3.63, 3.8) is 0 Å². The Morgan fingerprint density at radius 3 is 2.38 bits per heavy atom. The van der Waals surface area contributed by atoms with E-state index in [1.54, 1.807) is 15.5 Å². The highest BCUT2D eigenvalue weighted by molar-refractivity contribution is 7.88. The molecule has 4 heterocycles. The van der Waals surface area contributed by atoms with Crippen LogP contribution < -0.4 is 20.3 Å². The first-order valence-corrected chi connectivity index (χ1v) is 19.2. The number of aliphatic hydroxyl groups excluding tert-OH is 1. The van der Waals surface area contributed by atoms with E-state index in [-0.39, 0.29) is 47.9 Å². The van der Waals surface area contributed by atoms with Gasteiger partial charge in [0.25, 0.3) is 5.56 Å². The number of carbonyl (C=O) groups excluding carboxylic acids is 2. The fraction of sp³-hybridized carbons (Fsp3) is 0.676. The Balaban J connectivity index is 1.08. The van der Waals surface area contributed by atoms with Crippen LogP contribution in [0.2, 0.25) is 0 Å². The van der Waals surface area contributed by atoms with Gasteiger partial charge in [0.1, 0.15) is 0 Å². The number of rotatable bonds is 13. The minimum absolute atomic E-state index is 0.00448. The number of fused-ring (bicyclic) bond motifs is 3. The second kappa shape index (κ2) is 15.7. The number of likely N-dealkylation sites (tertiary alicyclic amines) is 1. The van der Waals surface area contributed by atoms with Crippen LogP contribution in [0, 0.1) is 5.92 Å². The smallest absolute Gasteiger partial charge is 0.404 e. The molecule has 4 atom stereocenters. The Bertz CT molecular complexity index is 1590. The molecule has 1 aromatic heterocycles. The molecule has 3 saturated heterocycles.